The molecule has 0 amide bonds. The van der Waals surface area contributed by atoms with Crippen molar-refractivity contribution in [3.05, 3.63) is 12.2 Å². The van der Waals surface area contributed by atoms with E-state index in [1.54, 1.807) is 10.9 Å². The zero-order chi connectivity index (χ0) is 32.3. The van der Waals surface area contributed by atoms with Crippen molar-refractivity contribution < 1.29 is 38.0 Å². The molecule has 0 unspecified atom stereocenters. The van der Waals surface area contributed by atoms with E-state index in [0.717, 1.165) is 32.4 Å². The Kier molecular flexibility index (Phi) is 10.2. The summed E-state index contributed by atoms with van der Waals surface area (Å²) in [6, 6.07) is 0.649. The maximum absolute atomic E-state index is 11.0. The standard InChI is InChI=1S/C23H37N11O3.C2HF3O2/c1-6-13(7-2)25-19-15-21(27-23(26-19)32-10-9-14(11-32)31(4)5)33(12-24-15)22-17(36)16(35)18(37-22)20-28-30-34(8-3)29-20;3-2(4,5)1(6)7/h12-14,16-18,22,35-36H,6-11H2,1-5H3,(H,25,26,27);(H,6,7)/t14-,16+,17-,18+,22-;/m1./s1. The number of nitrogens with one attached hydrogen (secondary N) is 1. The molecule has 2 fully saturated rings. The molecule has 4 N–H and O–H groups in total. The van der Waals surface area contributed by atoms with Crippen molar-refractivity contribution in [2.24, 2.45) is 0 Å². The Morgan fingerprint density at radius 3 is 2.41 bits per heavy atom. The van der Waals surface area contributed by atoms with Crippen molar-refractivity contribution in [3.63, 3.8) is 0 Å². The minimum absolute atomic E-state index is 0.221. The molecule has 2 aliphatic rings. The Hall–Kier alpha value is -3.68. The van der Waals surface area contributed by atoms with Gasteiger partial charge in [-0.25, -0.2) is 9.78 Å². The Labute approximate surface area is 250 Å². The van der Waals surface area contributed by atoms with E-state index in [1.807, 2.05) is 6.92 Å². The third kappa shape index (κ3) is 7.00. The predicted molar refractivity (Wildman–Crippen MR) is 150 cm³/mol. The van der Waals surface area contributed by atoms with Gasteiger partial charge in [-0.15, -0.1) is 10.2 Å². The first-order valence-electron chi connectivity index (χ1n) is 14.3. The number of alkyl halides is 3. The first kappa shape index (κ1) is 33.2. The largest absolute Gasteiger partial charge is 0.490 e. The lowest BCUT2D eigenvalue weighted by Crippen LogP contribution is -2.32. The smallest absolute Gasteiger partial charge is 0.475 e. The molecule has 16 nitrogen and oxygen atoms in total. The molecular weight excluding hydrogens is 591 g/mol. The van der Waals surface area contributed by atoms with Crippen molar-refractivity contribution in [2.75, 3.05) is 37.4 Å². The summed E-state index contributed by atoms with van der Waals surface area (Å²) in [6.45, 7) is 8.35. The van der Waals surface area contributed by atoms with Crippen LogP contribution in [0.5, 0.6) is 0 Å². The van der Waals surface area contributed by atoms with Crippen LogP contribution < -0.4 is 10.2 Å². The quantitative estimate of drug-likeness (QED) is 0.264. The van der Waals surface area contributed by atoms with Gasteiger partial charge in [-0.3, -0.25) is 4.57 Å². The number of aliphatic hydroxyl groups is 2. The summed E-state index contributed by atoms with van der Waals surface area (Å²) in [5, 5.41) is 44.6. The van der Waals surface area contributed by atoms with E-state index in [0.29, 0.717) is 35.5 Å². The Morgan fingerprint density at radius 1 is 1.18 bits per heavy atom. The number of aliphatic carboxylic acids is 1. The Bertz CT molecular complexity index is 1410. The molecule has 2 saturated heterocycles. The molecular formula is C25H38F3N11O5. The number of rotatable bonds is 9. The number of carboxylic acid groups (broad SMARTS) is 1. The van der Waals surface area contributed by atoms with E-state index < -0.39 is 36.7 Å². The highest BCUT2D eigenvalue weighted by molar-refractivity contribution is 5.84. The van der Waals surface area contributed by atoms with Gasteiger partial charge in [-0.1, -0.05) is 13.8 Å². The first-order valence-corrected chi connectivity index (χ1v) is 14.3. The first-order chi connectivity index (χ1) is 20.8. The molecule has 244 valence electrons. The van der Waals surface area contributed by atoms with Gasteiger partial charge in [0.15, 0.2) is 29.3 Å². The van der Waals surface area contributed by atoms with Gasteiger partial charge in [-0.05, 0) is 45.5 Å². The molecule has 3 aromatic rings. The van der Waals surface area contributed by atoms with Gasteiger partial charge in [0.05, 0.1) is 12.9 Å². The second-order valence-electron chi connectivity index (χ2n) is 10.8. The zero-order valence-electron chi connectivity index (χ0n) is 25.0. The molecule has 0 bridgehead atoms. The predicted octanol–water partition coefficient (Wildman–Crippen LogP) is 1.20. The highest BCUT2D eigenvalue weighted by Gasteiger charge is 2.47. The third-order valence-electron chi connectivity index (χ3n) is 7.67. The number of aryl methyl sites for hydroxylation is 1. The summed E-state index contributed by atoms with van der Waals surface area (Å²) >= 11 is 0. The highest BCUT2D eigenvalue weighted by Crippen LogP contribution is 2.39. The molecule has 5 atom stereocenters. The summed E-state index contributed by atoms with van der Waals surface area (Å²) in [6.07, 6.45) is -4.95. The van der Waals surface area contributed by atoms with Gasteiger partial charge < -0.3 is 35.2 Å². The summed E-state index contributed by atoms with van der Waals surface area (Å²) in [5.41, 5.74) is 1.11. The fourth-order valence-electron chi connectivity index (χ4n) is 4.97. The minimum Gasteiger partial charge on any atom is -0.475 e. The summed E-state index contributed by atoms with van der Waals surface area (Å²) < 4.78 is 39.5. The monoisotopic (exact) mass is 629 g/mol. The second kappa shape index (κ2) is 13.5. The average Bonchev–Trinajstić information content (AvgIpc) is 3.78. The lowest BCUT2D eigenvalue weighted by atomic mass is 10.1. The molecule has 0 radical (unpaired) electrons. The normalized spacial score (nSPS) is 23.9. The van der Waals surface area contributed by atoms with Gasteiger partial charge in [0, 0.05) is 25.2 Å². The van der Waals surface area contributed by atoms with Crippen LogP contribution in [0.15, 0.2) is 6.33 Å². The maximum atomic E-state index is 11.0. The van der Waals surface area contributed by atoms with E-state index in [-0.39, 0.29) is 11.9 Å². The molecule has 44 heavy (non-hydrogen) atoms. The molecule has 5 heterocycles. The van der Waals surface area contributed by atoms with Gasteiger partial charge >= 0.3 is 12.1 Å². The number of halogens is 3. The van der Waals surface area contributed by atoms with Gasteiger partial charge in [-0.2, -0.15) is 27.9 Å². The van der Waals surface area contributed by atoms with E-state index in [9.17, 15) is 23.4 Å². The SMILES string of the molecule is CCC(CC)Nc1nc(N2CC[C@@H](N(C)C)C2)nc2c1ncn2[C@@H]1O[C@H](c2nnn(CC)n2)[C@@H](O)[C@H]1O.O=C(O)C(F)(F)F. The number of hydrogen-bond acceptors (Lipinski definition) is 13. The topological polar surface area (TPSA) is 193 Å². The van der Waals surface area contributed by atoms with Crippen LogP contribution in [-0.4, -0.2) is 124 Å². The molecule has 0 saturated carbocycles. The molecule has 5 rings (SSSR count). The minimum atomic E-state index is -5.08. The number of likely N-dealkylation sites (N-methyl/N-ethyl adjacent to an activating group) is 1. The van der Waals surface area contributed by atoms with Crippen molar-refractivity contribution in [1.29, 1.82) is 0 Å². The van der Waals surface area contributed by atoms with Crippen LogP contribution in [0.2, 0.25) is 0 Å². The average molecular weight is 630 g/mol. The van der Waals surface area contributed by atoms with E-state index in [2.05, 4.69) is 63.5 Å². The number of hydrogen-bond donors (Lipinski definition) is 4. The molecule has 2 aliphatic heterocycles. The van der Waals surface area contributed by atoms with Crippen molar-refractivity contribution in [1.82, 2.24) is 44.6 Å². The fourth-order valence-corrected chi connectivity index (χ4v) is 4.97. The molecule has 0 spiro atoms. The number of fused-ring (bicyclic) bond motifs is 1. The summed E-state index contributed by atoms with van der Waals surface area (Å²) in [4.78, 5) is 29.1. The molecule has 19 heteroatoms. The van der Waals surface area contributed by atoms with Crippen LogP contribution in [0.4, 0.5) is 24.9 Å². The van der Waals surface area contributed by atoms with Crippen molar-refractivity contribution in [2.45, 2.75) is 89.4 Å². The van der Waals surface area contributed by atoms with E-state index in [4.69, 9.17) is 24.6 Å². The van der Waals surface area contributed by atoms with Gasteiger partial charge in [0.2, 0.25) is 11.8 Å². The number of aromatic nitrogens is 8. The van der Waals surface area contributed by atoms with Crippen LogP contribution in [-0.2, 0) is 16.1 Å². The fraction of sp³-hybridized carbons (Fsp3) is 0.720. The lowest BCUT2D eigenvalue weighted by Gasteiger charge is -2.22. The Balaban J connectivity index is 0.000000566. The number of nitrogens with zero attached hydrogens (tertiary/aromatic N) is 10. The number of aliphatic hydroxyl groups excluding tert-OH is 2. The van der Waals surface area contributed by atoms with Crippen LogP contribution in [0.1, 0.15) is 58.2 Å². The maximum Gasteiger partial charge on any atom is 0.490 e. The van der Waals surface area contributed by atoms with E-state index in [1.165, 1.54) is 4.80 Å². The molecule has 3 aromatic heterocycles. The second-order valence-corrected chi connectivity index (χ2v) is 10.8. The number of carboxylic acids is 1. The van der Waals surface area contributed by atoms with Crippen LogP contribution >= 0.6 is 0 Å². The third-order valence-corrected chi connectivity index (χ3v) is 7.67. The van der Waals surface area contributed by atoms with Crippen molar-refractivity contribution >= 4 is 28.9 Å². The number of ether oxygens (including phenoxy) is 1. The highest BCUT2D eigenvalue weighted by atomic mass is 19.4. The van der Waals surface area contributed by atoms with Crippen molar-refractivity contribution in [3.8, 4) is 0 Å². The van der Waals surface area contributed by atoms with Crippen LogP contribution in [0, 0.1) is 0 Å². The summed E-state index contributed by atoms with van der Waals surface area (Å²) in [7, 11) is 4.17. The number of imidazole rings is 1. The zero-order valence-corrected chi connectivity index (χ0v) is 25.0. The van der Waals surface area contributed by atoms with Crippen LogP contribution in [0.25, 0.3) is 11.2 Å². The van der Waals surface area contributed by atoms with Gasteiger partial charge in [0.25, 0.3) is 0 Å². The number of anilines is 2. The van der Waals surface area contributed by atoms with E-state index >= 15 is 0 Å². The van der Waals surface area contributed by atoms with Gasteiger partial charge in [0.1, 0.15) is 12.2 Å². The number of carbonyl (C=O) groups is 1. The Morgan fingerprint density at radius 2 is 1.86 bits per heavy atom. The molecule has 0 aromatic carbocycles. The van der Waals surface area contributed by atoms with Crippen LogP contribution in [0.3, 0.4) is 0 Å². The summed E-state index contributed by atoms with van der Waals surface area (Å²) in [5.74, 6) is -1.28. The molecule has 0 aliphatic carbocycles. The number of tetrazole rings is 1. The lowest BCUT2D eigenvalue weighted by molar-refractivity contribution is -0.192.